The van der Waals surface area contributed by atoms with Crippen LogP contribution in [0.3, 0.4) is 0 Å². The van der Waals surface area contributed by atoms with Gasteiger partial charge in [0.2, 0.25) is 0 Å². The lowest BCUT2D eigenvalue weighted by atomic mass is 9.64. The zero-order valence-electron chi connectivity index (χ0n) is 11.6. The molecule has 0 aromatic rings. The fraction of sp³-hybridized carbons (Fsp3) is 0.643. The summed E-state index contributed by atoms with van der Waals surface area (Å²) in [5.74, 6) is 0.294. The number of ketones is 1. The minimum absolute atomic E-state index is 0. The SMILES string of the molecule is CC(N)CC1CC23C=CCCC2NNC3=CC1=O.Cl.Cl. The molecule has 20 heavy (non-hydrogen) atoms. The molecule has 6 heteroatoms. The number of rotatable bonds is 2. The number of carbonyl (C=O) groups is 1. The highest BCUT2D eigenvalue weighted by atomic mass is 35.5. The van der Waals surface area contributed by atoms with Gasteiger partial charge in [-0.05, 0) is 32.6 Å². The average Bonchev–Trinajstić information content (AvgIpc) is 2.68. The molecule has 114 valence electrons. The monoisotopic (exact) mass is 319 g/mol. The third-order valence-corrected chi connectivity index (χ3v) is 4.47. The molecule has 0 radical (unpaired) electrons. The van der Waals surface area contributed by atoms with Crippen molar-refractivity contribution in [2.75, 3.05) is 0 Å². The molecular weight excluding hydrogens is 297 g/mol. The van der Waals surface area contributed by atoms with Gasteiger partial charge in [-0.1, -0.05) is 12.2 Å². The van der Waals surface area contributed by atoms with Crippen molar-refractivity contribution in [3.05, 3.63) is 23.9 Å². The first kappa shape index (κ1) is 17.5. The summed E-state index contributed by atoms with van der Waals surface area (Å²) in [6.07, 6.45) is 10.2. The first-order valence-corrected chi connectivity index (χ1v) is 6.82. The number of nitrogens with two attached hydrogens (primary N) is 1. The van der Waals surface area contributed by atoms with E-state index in [1.165, 1.54) is 0 Å². The second-order valence-electron chi connectivity index (χ2n) is 5.92. The van der Waals surface area contributed by atoms with Gasteiger partial charge in [0.1, 0.15) is 0 Å². The lowest BCUT2D eigenvalue weighted by molar-refractivity contribution is -0.120. The number of nitrogens with one attached hydrogen (secondary N) is 2. The van der Waals surface area contributed by atoms with Crippen LogP contribution in [0.5, 0.6) is 0 Å². The van der Waals surface area contributed by atoms with Crippen LogP contribution in [0.2, 0.25) is 0 Å². The van der Waals surface area contributed by atoms with Crippen LogP contribution in [0.4, 0.5) is 0 Å². The number of hydrazine groups is 1. The molecule has 1 heterocycles. The van der Waals surface area contributed by atoms with E-state index in [4.69, 9.17) is 5.73 Å². The molecule has 1 saturated heterocycles. The minimum Gasteiger partial charge on any atom is -0.328 e. The predicted octanol–water partition coefficient (Wildman–Crippen LogP) is 1.85. The summed E-state index contributed by atoms with van der Waals surface area (Å²) in [5, 5.41) is 0. The molecule has 1 aliphatic heterocycles. The van der Waals surface area contributed by atoms with Gasteiger partial charge < -0.3 is 11.2 Å². The Morgan fingerprint density at radius 2 is 2.25 bits per heavy atom. The van der Waals surface area contributed by atoms with Crippen molar-refractivity contribution < 1.29 is 4.79 Å². The highest BCUT2D eigenvalue weighted by molar-refractivity contribution is 5.94. The van der Waals surface area contributed by atoms with E-state index in [1.807, 2.05) is 6.92 Å². The Balaban J connectivity index is 0.000001000. The standard InChI is InChI=1S/C14H21N3O.2ClH/c1-9(15)6-10-8-14-5-3-2-4-12(14)16-17-13(14)7-11(10)18;;/h3,5,7,9-10,12,16-17H,2,4,6,8,15H2,1H3;2*1H. The number of carbonyl (C=O) groups excluding carboxylic acids is 1. The third kappa shape index (κ3) is 2.75. The summed E-state index contributed by atoms with van der Waals surface area (Å²) in [6.45, 7) is 1.98. The van der Waals surface area contributed by atoms with Crippen LogP contribution in [-0.4, -0.2) is 17.9 Å². The van der Waals surface area contributed by atoms with E-state index >= 15 is 0 Å². The summed E-state index contributed by atoms with van der Waals surface area (Å²) < 4.78 is 0. The first-order chi connectivity index (χ1) is 8.62. The van der Waals surface area contributed by atoms with E-state index in [-0.39, 0.29) is 48.0 Å². The highest BCUT2D eigenvalue weighted by Crippen LogP contribution is 2.48. The van der Waals surface area contributed by atoms with E-state index in [2.05, 4.69) is 23.0 Å². The number of hydrogen-bond acceptors (Lipinski definition) is 4. The molecule has 4 atom stereocenters. The second-order valence-corrected chi connectivity index (χ2v) is 5.92. The Morgan fingerprint density at radius 3 is 2.95 bits per heavy atom. The first-order valence-electron chi connectivity index (χ1n) is 6.82. The molecule has 3 rings (SSSR count). The Labute approximate surface area is 132 Å². The zero-order chi connectivity index (χ0) is 12.8. The average molecular weight is 320 g/mol. The molecular formula is C14H23Cl2N3O. The highest BCUT2D eigenvalue weighted by Gasteiger charge is 2.50. The molecule has 0 bridgehead atoms. The number of allylic oxidation sites excluding steroid dienone is 2. The zero-order valence-corrected chi connectivity index (χ0v) is 13.2. The van der Waals surface area contributed by atoms with Crippen molar-refractivity contribution in [2.45, 2.75) is 44.7 Å². The van der Waals surface area contributed by atoms with Crippen LogP contribution in [0.1, 0.15) is 32.6 Å². The van der Waals surface area contributed by atoms with Crippen molar-refractivity contribution in [3.8, 4) is 0 Å². The summed E-state index contributed by atoms with van der Waals surface area (Å²) >= 11 is 0. The van der Waals surface area contributed by atoms with E-state index in [0.717, 1.165) is 31.4 Å². The van der Waals surface area contributed by atoms with E-state index in [9.17, 15) is 4.79 Å². The van der Waals surface area contributed by atoms with Crippen LogP contribution in [0.15, 0.2) is 23.9 Å². The van der Waals surface area contributed by atoms with Crippen LogP contribution in [0, 0.1) is 11.3 Å². The quantitative estimate of drug-likeness (QED) is 0.680. The fourth-order valence-electron chi connectivity index (χ4n) is 3.60. The maximum atomic E-state index is 12.1. The van der Waals surface area contributed by atoms with Crippen LogP contribution in [0.25, 0.3) is 0 Å². The van der Waals surface area contributed by atoms with Gasteiger partial charge >= 0.3 is 0 Å². The lowest BCUT2D eigenvalue weighted by Gasteiger charge is -2.39. The Hall–Kier alpha value is -0.550. The summed E-state index contributed by atoms with van der Waals surface area (Å²) in [5.41, 5.74) is 13.5. The molecule has 0 amide bonds. The summed E-state index contributed by atoms with van der Waals surface area (Å²) in [7, 11) is 0. The Morgan fingerprint density at radius 1 is 1.50 bits per heavy atom. The van der Waals surface area contributed by atoms with Crippen molar-refractivity contribution in [1.82, 2.24) is 10.9 Å². The molecule has 4 N–H and O–H groups in total. The lowest BCUT2D eigenvalue weighted by Crippen LogP contribution is -2.43. The Bertz CT molecular complexity index is 436. The molecule has 3 aliphatic rings. The van der Waals surface area contributed by atoms with Gasteiger partial charge in [0.05, 0.1) is 0 Å². The van der Waals surface area contributed by atoms with E-state index < -0.39 is 0 Å². The van der Waals surface area contributed by atoms with Crippen molar-refractivity contribution >= 4 is 30.6 Å². The summed E-state index contributed by atoms with van der Waals surface area (Å²) in [4.78, 5) is 12.1. The van der Waals surface area contributed by atoms with Gasteiger partial charge in [0, 0.05) is 35.2 Å². The van der Waals surface area contributed by atoms with Crippen LogP contribution >= 0.6 is 24.8 Å². The van der Waals surface area contributed by atoms with Crippen molar-refractivity contribution in [2.24, 2.45) is 17.1 Å². The molecule has 4 unspecified atom stereocenters. The third-order valence-electron chi connectivity index (χ3n) is 4.47. The molecule has 1 spiro atoms. The molecule has 0 aromatic heterocycles. The molecule has 0 saturated carbocycles. The van der Waals surface area contributed by atoms with Gasteiger partial charge in [-0.3, -0.25) is 4.79 Å². The summed E-state index contributed by atoms with van der Waals surface area (Å²) in [6, 6.07) is 0.496. The predicted molar refractivity (Wildman–Crippen MR) is 84.8 cm³/mol. The van der Waals surface area contributed by atoms with Gasteiger partial charge in [-0.2, -0.15) is 0 Å². The minimum atomic E-state index is 0. The van der Waals surface area contributed by atoms with Crippen molar-refractivity contribution in [1.29, 1.82) is 0 Å². The number of hydrogen-bond donors (Lipinski definition) is 3. The maximum absolute atomic E-state index is 12.1. The number of halogens is 2. The fourth-order valence-corrected chi connectivity index (χ4v) is 3.60. The van der Waals surface area contributed by atoms with E-state index in [1.54, 1.807) is 6.08 Å². The van der Waals surface area contributed by atoms with Gasteiger partial charge in [0.15, 0.2) is 5.78 Å². The maximum Gasteiger partial charge on any atom is 0.160 e. The molecule has 0 aromatic carbocycles. The molecule has 2 aliphatic carbocycles. The smallest absolute Gasteiger partial charge is 0.160 e. The normalized spacial score (nSPS) is 35.7. The molecule has 4 nitrogen and oxygen atoms in total. The largest absolute Gasteiger partial charge is 0.328 e. The van der Waals surface area contributed by atoms with Gasteiger partial charge in [-0.15, -0.1) is 24.8 Å². The topological polar surface area (TPSA) is 67.2 Å². The van der Waals surface area contributed by atoms with Gasteiger partial charge in [0.25, 0.3) is 0 Å². The van der Waals surface area contributed by atoms with Crippen LogP contribution in [-0.2, 0) is 4.79 Å². The Kier molecular flexibility index (Phi) is 5.67. The second kappa shape index (κ2) is 6.48. The van der Waals surface area contributed by atoms with Gasteiger partial charge in [-0.25, -0.2) is 5.43 Å². The van der Waals surface area contributed by atoms with Crippen molar-refractivity contribution in [3.63, 3.8) is 0 Å². The van der Waals surface area contributed by atoms with E-state index in [0.29, 0.717) is 6.04 Å². The molecule has 1 fully saturated rings. The van der Waals surface area contributed by atoms with Crippen LogP contribution < -0.4 is 16.6 Å².